The molecule has 1 aliphatic rings. The van der Waals surface area contributed by atoms with Crippen molar-refractivity contribution < 1.29 is 17.7 Å². The Morgan fingerprint density at radius 2 is 1.75 bits per heavy atom. The number of hydrogen-bond donors (Lipinski definition) is 1. The summed E-state index contributed by atoms with van der Waals surface area (Å²) in [5.74, 6) is 0.0816. The maximum Gasteiger partial charge on any atom is 0.294 e. The lowest BCUT2D eigenvalue weighted by molar-refractivity contribution is 0.0503. The van der Waals surface area contributed by atoms with Gasteiger partial charge >= 0.3 is 0 Å². The summed E-state index contributed by atoms with van der Waals surface area (Å²) in [6, 6.07) is 6.46. The van der Waals surface area contributed by atoms with Gasteiger partial charge in [-0.05, 0) is 24.6 Å². The van der Waals surface area contributed by atoms with E-state index in [1.165, 1.54) is 6.07 Å². The number of benzene rings is 1. The summed E-state index contributed by atoms with van der Waals surface area (Å²) in [6.07, 6.45) is 0. The highest BCUT2D eigenvalue weighted by Gasteiger charge is 2.15. The van der Waals surface area contributed by atoms with Gasteiger partial charge in [-0.2, -0.15) is 8.42 Å². The molecule has 5 nitrogen and oxygen atoms in total. The van der Waals surface area contributed by atoms with Gasteiger partial charge in [-0.1, -0.05) is 32.0 Å². The monoisotopic (exact) mass is 301 g/mol. The maximum atomic E-state index is 10.9. The molecule has 0 spiro atoms. The van der Waals surface area contributed by atoms with Crippen LogP contribution < -0.4 is 0 Å². The summed E-state index contributed by atoms with van der Waals surface area (Å²) in [4.78, 5) is 2.27. The van der Waals surface area contributed by atoms with Crippen molar-refractivity contribution in [3.63, 3.8) is 0 Å². The first-order valence-electron chi connectivity index (χ1n) is 6.65. The molecule has 0 atom stereocenters. The van der Waals surface area contributed by atoms with Gasteiger partial charge in [-0.25, -0.2) is 0 Å². The molecule has 2 rings (SSSR count). The van der Waals surface area contributed by atoms with Gasteiger partial charge in [0.2, 0.25) is 0 Å². The minimum absolute atomic E-state index is 0.00463. The van der Waals surface area contributed by atoms with Gasteiger partial charge < -0.3 is 9.64 Å². The Morgan fingerprint density at radius 1 is 1.20 bits per heavy atom. The molecule has 1 aromatic carbocycles. The molecule has 6 heteroatoms. The largest absolute Gasteiger partial charge is 0.379 e. The number of nitrogens with zero attached hydrogens (tertiary/aromatic N) is 1. The summed E-state index contributed by atoms with van der Waals surface area (Å²) in [6.45, 7) is 7.78. The minimum atomic E-state index is -4.08. The van der Waals surface area contributed by atoms with E-state index in [0.717, 1.165) is 26.3 Å². The highest BCUT2D eigenvalue weighted by molar-refractivity contribution is 7.85. The van der Waals surface area contributed by atoms with Crippen LogP contribution in [0, 0.1) is 0 Å². The van der Waals surface area contributed by atoms with Gasteiger partial charge in [0, 0.05) is 13.1 Å². The smallest absolute Gasteiger partial charge is 0.294 e. The van der Waals surface area contributed by atoms with Crippen LogP contribution in [0.5, 0.6) is 0 Å². The quantitative estimate of drug-likeness (QED) is 0.846. The third-order valence-electron chi connectivity index (χ3n) is 3.05. The Kier molecular flexibility index (Phi) is 6.61. The van der Waals surface area contributed by atoms with Crippen LogP contribution >= 0.6 is 0 Å². The summed E-state index contributed by atoms with van der Waals surface area (Å²) < 4.78 is 35.8. The Balaban J connectivity index is 0.000000240. The molecule has 0 radical (unpaired) electrons. The molecule has 1 fully saturated rings. The van der Waals surface area contributed by atoms with Crippen LogP contribution in [0.3, 0.4) is 0 Å². The lowest BCUT2D eigenvalue weighted by atomic mass is 10.0. The lowest BCUT2D eigenvalue weighted by Gasteiger charge is -2.21. The second-order valence-electron chi connectivity index (χ2n) is 5.08. The van der Waals surface area contributed by atoms with Crippen molar-refractivity contribution in [1.29, 1.82) is 0 Å². The summed E-state index contributed by atoms with van der Waals surface area (Å²) in [7, 11) is -1.96. The van der Waals surface area contributed by atoms with E-state index < -0.39 is 10.1 Å². The van der Waals surface area contributed by atoms with Crippen LogP contribution in [0.25, 0.3) is 0 Å². The fraction of sp³-hybridized carbons (Fsp3) is 0.571. The van der Waals surface area contributed by atoms with E-state index in [0.29, 0.717) is 5.56 Å². The standard InChI is InChI=1S/C9H12O3S.C5H11NO/c1-7(2)8-5-3-4-6-9(8)13(10,11)12;1-6-2-4-7-5-3-6/h3-7H,1-2H3,(H,10,11,12);2-5H2,1H3. The first-order valence-corrected chi connectivity index (χ1v) is 8.09. The molecule has 1 N–H and O–H groups in total. The highest BCUT2D eigenvalue weighted by atomic mass is 32.2. The fourth-order valence-electron chi connectivity index (χ4n) is 1.85. The third kappa shape index (κ3) is 5.58. The molecule has 0 unspecified atom stereocenters. The molecule has 114 valence electrons. The van der Waals surface area contributed by atoms with Crippen LogP contribution in [0.4, 0.5) is 0 Å². The Hall–Kier alpha value is -0.950. The average molecular weight is 301 g/mol. The number of hydrogen-bond acceptors (Lipinski definition) is 4. The van der Waals surface area contributed by atoms with Crippen molar-refractivity contribution in [2.24, 2.45) is 0 Å². The second-order valence-corrected chi connectivity index (χ2v) is 6.47. The van der Waals surface area contributed by atoms with Crippen LogP contribution in [0.2, 0.25) is 0 Å². The normalized spacial score (nSPS) is 16.6. The molecule has 1 heterocycles. The fourth-order valence-corrected chi connectivity index (χ4v) is 2.70. The Morgan fingerprint density at radius 3 is 2.10 bits per heavy atom. The SMILES string of the molecule is CC(C)c1ccccc1S(=O)(=O)O.CN1CCOCC1. The van der Waals surface area contributed by atoms with E-state index in [2.05, 4.69) is 11.9 Å². The summed E-state index contributed by atoms with van der Waals surface area (Å²) in [5.41, 5.74) is 0.644. The lowest BCUT2D eigenvalue weighted by Crippen LogP contribution is -2.32. The molecule has 0 aromatic heterocycles. The van der Waals surface area contributed by atoms with Crippen LogP contribution in [0.15, 0.2) is 29.2 Å². The molecule has 0 amide bonds. The highest BCUT2D eigenvalue weighted by Crippen LogP contribution is 2.22. The van der Waals surface area contributed by atoms with Gasteiger partial charge in [0.05, 0.1) is 18.1 Å². The summed E-state index contributed by atoms with van der Waals surface area (Å²) in [5, 5.41) is 0. The van der Waals surface area contributed by atoms with Crippen molar-refractivity contribution in [3.05, 3.63) is 29.8 Å². The first kappa shape index (κ1) is 17.1. The molecular formula is C14H23NO4S. The zero-order chi connectivity index (χ0) is 15.2. The molecular weight excluding hydrogens is 278 g/mol. The molecule has 20 heavy (non-hydrogen) atoms. The van der Waals surface area contributed by atoms with Crippen molar-refractivity contribution >= 4 is 10.1 Å². The van der Waals surface area contributed by atoms with Crippen LogP contribution in [-0.4, -0.2) is 51.2 Å². The molecule has 1 aromatic rings. The van der Waals surface area contributed by atoms with E-state index in [4.69, 9.17) is 9.29 Å². The van der Waals surface area contributed by atoms with Gasteiger partial charge in [-0.3, -0.25) is 4.55 Å². The van der Waals surface area contributed by atoms with Crippen molar-refractivity contribution in [1.82, 2.24) is 4.90 Å². The zero-order valence-corrected chi connectivity index (χ0v) is 13.1. The molecule has 0 bridgehead atoms. The Bertz CT molecular complexity index is 508. The predicted octanol–water partition coefficient (Wildman–Crippen LogP) is 2.01. The zero-order valence-electron chi connectivity index (χ0n) is 12.2. The number of ether oxygens (including phenoxy) is 1. The van der Waals surface area contributed by atoms with Crippen LogP contribution in [0.1, 0.15) is 25.3 Å². The maximum absolute atomic E-state index is 10.9. The number of rotatable bonds is 2. The van der Waals surface area contributed by atoms with Gasteiger partial charge in [0.1, 0.15) is 0 Å². The van der Waals surface area contributed by atoms with E-state index in [1.54, 1.807) is 18.2 Å². The predicted molar refractivity (Wildman–Crippen MR) is 78.7 cm³/mol. The first-order chi connectivity index (χ1) is 9.32. The minimum Gasteiger partial charge on any atom is -0.379 e. The second kappa shape index (κ2) is 7.73. The molecule has 1 aliphatic heterocycles. The Labute approximate surface area is 121 Å². The van der Waals surface area contributed by atoms with Crippen molar-refractivity contribution in [3.8, 4) is 0 Å². The summed E-state index contributed by atoms with van der Waals surface area (Å²) >= 11 is 0. The van der Waals surface area contributed by atoms with Crippen LogP contribution in [-0.2, 0) is 14.9 Å². The number of likely N-dealkylation sites (N-methyl/N-ethyl adjacent to an activating group) is 1. The van der Waals surface area contributed by atoms with Crippen molar-refractivity contribution in [2.45, 2.75) is 24.7 Å². The molecule has 1 saturated heterocycles. The average Bonchev–Trinajstić information content (AvgIpc) is 2.39. The van der Waals surface area contributed by atoms with E-state index in [9.17, 15) is 8.42 Å². The molecule has 0 saturated carbocycles. The third-order valence-corrected chi connectivity index (χ3v) is 3.98. The topological polar surface area (TPSA) is 66.8 Å². The number of morpholine rings is 1. The van der Waals surface area contributed by atoms with Gasteiger partial charge in [0.25, 0.3) is 10.1 Å². The van der Waals surface area contributed by atoms with E-state index >= 15 is 0 Å². The van der Waals surface area contributed by atoms with E-state index in [1.807, 2.05) is 13.8 Å². The van der Waals surface area contributed by atoms with Crippen molar-refractivity contribution in [2.75, 3.05) is 33.4 Å². The van der Waals surface area contributed by atoms with E-state index in [-0.39, 0.29) is 10.8 Å². The molecule has 0 aliphatic carbocycles. The van der Waals surface area contributed by atoms with Gasteiger partial charge in [0.15, 0.2) is 0 Å². The van der Waals surface area contributed by atoms with Gasteiger partial charge in [-0.15, -0.1) is 0 Å².